The molecule has 0 radical (unpaired) electrons. The molecule has 0 aliphatic rings. The van der Waals surface area contributed by atoms with Crippen molar-refractivity contribution >= 4 is 17.3 Å². The molecule has 0 saturated heterocycles. The van der Waals surface area contributed by atoms with Gasteiger partial charge in [0.05, 0.1) is 12.3 Å². The highest BCUT2D eigenvalue weighted by atomic mass is 16.5. The summed E-state index contributed by atoms with van der Waals surface area (Å²) in [6.07, 6.45) is 2.39. The zero-order chi connectivity index (χ0) is 15.2. The summed E-state index contributed by atoms with van der Waals surface area (Å²) < 4.78 is 6.72. The maximum atomic E-state index is 12.3. The SMILES string of the molecule is CCn1cc(N)c(C(=O)Nc2ccccc2CCOC)n1. The number of aryl methyl sites for hydroxylation is 1. The Bertz CT molecular complexity index is 622. The fourth-order valence-electron chi connectivity index (χ4n) is 2.03. The fourth-order valence-corrected chi connectivity index (χ4v) is 2.03. The minimum atomic E-state index is -0.301. The van der Waals surface area contributed by atoms with Gasteiger partial charge in [-0.2, -0.15) is 5.10 Å². The third kappa shape index (κ3) is 3.61. The number of ether oxygens (including phenoxy) is 1. The lowest BCUT2D eigenvalue weighted by Gasteiger charge is -2.10. The fraction of sp³-hybridized carbons (Fsp3) is 0.333. The zero-order valence-corrected chi connectivity index (χ0v) is 12.3. The maximum Gasteiger partial charge on any atom is 0.278 e. The molecule has 0 spiro atoms. The molecule has 112 valence electrons. The number of nitrogen functional groups attached to an aromatic ring is 1. The van der Waals surface area contributed by atoms with E-state index in [2.05, 4.69) is 10.4 Å². The Kier molecular flexibility index (Phi) is 4.94. The molecule has 1 aromatic carbocycles. The van der Waals surface area contributed by atoms with Crippen LogP contribution in [0.25, 0.3) is 0 Å². The summed E-state index contributed by atoms with van der Waals surface area (Å²) in [6, 6.07) is 7.62. The second-order valence-electron chi connectivity index (χ2n) is 4.64. The van der Waals surface area contributed by atoms with E-state index in [0.29, 0.717) is 18.8 Å². The smallest absolute Gasteiger partial charge is 0.278 e. The summed E-state index contributed by atoms with van der Waals surface area (Å²) in [5, 5.41) is 7.03. The van der Waals surface area contributed by atoms with Gasteiger partial charge in [0.15, 0.2) is 5.69 Å². The van der Waals surface area contributed by atoms with E-state index in [1.165, 1.54) is 0 Å². The average Bonchev–Trinajstić information content (AvgIpc) is 2.87. The van der Waals surface area contributed by atoms with Crippen LogP contribution in [0.2, 0.25) is 0 Å². The molecule has 0 aliphatic carbocycles. The lowest BCUT2D eigenvalue weighted by Crippen LogP contribution is -2.16. The minimum Gasteiger partial charge on any atom is -0.396 e. The van der Waals surface area contributed by atoms with Crippen LogP contribution in [0.4, 0.5) is 11.4 Å². The Labute approximate surface area is 123 Å². The van der Waals surface area contributed by atoms with Gasteiger partial charge in [0, 0.05) is 25.5 Å². The zero-order valence-electron chi connectivity index (χ0n) is 12.3. The van der Waals surface area contributed by atoms with Gasteiger partial charge in [-0.1, -0.05) is 18.2 Å². The second-order valence-corrected chi connectivity index (χ2v) is 4.64. The summed E-state index contributed by atoms with van der Waals surface area (Å²) in [6.45, 7) is 3.20. The number of hydrogen-bond acceptors (Lipinski definition) is 4. The van der Waals surface area contributed by atoms with Gasteiger partial charge < -0.3 is 15.8 Å². The molecule has 6 heteroatoms. The Morgan fingerprint density at radius 2 is 2.19 bits per heavy atom. The topological polar surface area (TPSA) is 82.2 Å². The summed E-state index contributed by atoms with van der Waals surface area (Å²) in [4.78, 5) is 12.3. The van der Waals surface area contributed by atoms with E-state index in [9.17, 15) is 4.79 Å². The monoisotopic (exact) mass is 288 g/mol. The van der Waals surface area contributed by atoms with Crippen LogP contribution in [-0.2, 0) is 17.7 Å². The number of carbonyl (C=O) groups is 1. The molecule has 0 fully saturated rings. The van der Waals surface area contributed by atoms with E-state index in [4.69, 9.17) is 10.5 Å². The van der Waals surface area contributed by atoms with Crippen molar-refractivity contribution in [3.63, 3.8) is 0 Å². The summed E-state index contributed by atoms with van der Waals surface area (Å²) in [5.74, 6) is -0.301. The van der Waals surface area contributed by atoms with Crippen LogP contribution in [0.15, 0.2) is 30.5 Å². The van der Waals surface area contributed by atoms with Gasteiger partial charge in [0.2, 0.25) is 0 Å². The molecule has 0 aliphatic heterocycles. The van der Waals surface area contributed by atoms with Crippen molar-refractivity contribution < 1.29 is 9.53 Å². The molecule has 1 amide bonds. The molecule has 2 aromatic rings. The van der Waals surface area contributed by atoms with Crippen molar-refractivity contribution in [3.05, 3.63) is 41.7 Å². The maximum absolute atomic E-state index is 12.3. The van der Waals surface area contributed by atoms with Crippen LogP contribution in [-0.4, -0.2) is 29.4 Å². The van der Waals surface area contributed by atoms with Crippen LogP contribution in [0.3, 0.4) is 0 Å². The van der Waals surface area contributed by atoms with Gasteiger partial charge in [-0.15, -0.1) is 0 Å². The molecule has 0 bridgehead atoms. The van der Waals surface area contributed by atoms with Gasteiger partial charge in [0.1, 0.15) is 0 Å². The Morgan fingerprint density at radius 1 is 1.43 bits per heavy atom. The molecular weight excluding hydrogens is 268 g/mol. The summed E-state index contributed by atoms with van der Waals surface area (Å²) in [5.41, 5.74) is 8.22. The number of aromatic nitrogens is 2. The third-order valence-corrected chi connectivity index (χ3v) is 3.17. The predicted molar refractivity (Wildman–Crippen MR) is 82.3 cm³/mol. The van der Waals surface area contributed by atoms with Crippen molar-refractivity contribution in [2.45, 2.75) is 19.9 Å². The van der Waals surface area contributed by atoms with Crippen LogP contribution in [0, 0.1) is 0 Å². The van der Waals surface area contributed by atoms with Crippen molar-refractivity contribution in [1.29, 1.82) is 0 Å². The van der Waals surface area contributed by atoms with Crippen molar-refractivity contribution in [2.24, 2.45) is 0 Å². The van der Waals surface area contributed by atoms with Gasteiger partial charge >= 0.3 is 0 Å². The number of rotatable bonds is 6. The van der Waals surface area contributed by atoms with Gasteiger partial charge in [-0.25, -0.2) is 0 Å². The Morgan fingerprint density at radius 3 is 2.86 bits per heavy atom. The number of nitrogens with one attached hydrogen (secondary N) is 1. The first kappa shape index (κ1) is 15.1. The Balaban J connectivity index is 2.17. The lowest BCUT2D eigenvalue weighted by molar-refractivity contribution is 0.102. The van der Waals surface area contributed by atoms with Crippen molar-refractivity contribution in [2.75, 3.05) is 24.8 Å². The molecule has 3 N–H and O–H groups in total. The molecular formula is C15H20N4O2. The third-order valence-electron chi connectivity index (χ3n) is 3.17. The van der Waals surface area contributed by atoms with Crippen molar-refractivity contribution in [3.8, 4) is 0 Å². The van der Waals surface area contributed by atoms with Crippen LogP contribution >= 0.6 is 0 Å². The number of benzene rings is 1. The molecule has 0 saturated carbocycles. The average molecular weight is 288 g/mol. The van der Waals surface area contributed by atoms with Gasteiger partial charge in [0.25, 0.3) is 5.91 Å². The molecule has 2 rings (SSSR count). The van der Waals surface area contributed by atoms with Crippen LogP contribution in [0.1, 0.15) is 23.0 Å². The number of methoxy groups -OCH3 is 1. The highest BCUT2D eigenvalue weighted by molar-refractivity contribution is 6.06. The van der Waals surface area contributed by atoms with Crippen LogP contribution in [0.5, 0.6) is 0 Å². The molecule has 6 nitrogen and oxygen atoms in total. The summed E-state index contributed by atoms with van der Waals surface area (Å²) in [7, 11) is 1.65. The first-order valence-electron chi connectivity index (χ1n) is 6.86. The van der Waals surface area contributed by atoms with E-state index >= 15 is 0 Å². The molecule has 21 heavy (non-hydrogen) atoms. The van der Waals surface area contributed by atoms with E-state index in [0.717, 1.165) is 17.7 Å². The standard InChI is InChI=1S/C15H20N4O2/c1-3-19-10-12(16)14(18-19)15(20)17-13-7-5-4-6-11(13)8-9-21-2/h4-7,10H,3,8-9,16H2,1-2H3,(H,17,20). The van der Waals surface area contributed by atoms with Crippen molar-refractivity contribution in [1.82, 2.24) is 9.78 Å². The number of anilines is 2. The van der Waals surface area contributed by atoms with E-state index < -0.39 is 0 Å². The van der Waals surface area contributed by atoms with Gasteiger partial charge in [-0.3, -0.25) is 9.48 Å². The van der Waals surface area contributed by atoms with E-state index in [1.54, 1.807) is 18.0 Å². The Hall–Kier alpha value is -2.34. The number of amides is 1. The number of nitrogens with two attached hydrogens (primary N) is 1. The normalized spacial score (nSPS) is 10.6. The molecule has 1 aromatic heterocycles. The quantitative estimate of drug-likeness (QED) is 0.851. The van der Waals surface area contributed by atoms with E-state index in [-0.39, 0.29) is 11.6 Å². The summed E-state index contributed by atoms with van der Waals surface area (Å²) >= 11 is 0. The highest BCUT2D eigenvalue weighted by Crippen LogP contribution is 2.18. The molecule has 0 unspecified atom stereocenters. The number of para-hydroxylation sites is 1. The number of hydrogen-bond donors (Lipinski definition) is 2. The predicted octanol–water partition coefficient (Wildman–Crippen LogP) is 1.93. The van der Waals surface area contributed by atoms with Gasteiger partial charge in [-0.05, 0) is 25.0 Å². The lowest BCUT2D eigenvalue weighted by atomic mass is 10.1. The number of nitrogens with zero attached hydrogens (tertiary/aromatic N) is 2. The second kappa shape index (κ2) is 6.90. The minimum absolute atomic E-state index is 0.249. The first-order valence-corrected chi connectivity index (χ1v) is 6.86. The molecule has 1 heterocycles. The highest BCUT2D eigenvalue weighted by Gasteiger charge is 2.15. The molecule has 0 atom stereocenters. The van der Waals surface area contributed by atoms with E-state index in [1.807, 2.05) is 31.2 Å². The number of carbonyl (C=O) groups excluding carboxylic acids is 1. The first-order chi connectivity index (χ1) is 10.2. The largest absolute Gasteiger partial charge is 0.396 e. The van der Waals surface area contributed by atoms with Crippen LogP contribution < -0.4 is 11.1 Å².